The largest absolute Gasteiger partial charge is 0.308 e. The minimum absolute atomic E-state index is 0.248. The normalized spacial score (nSPS) is 11.0. The maximum absolute atomic E-state index is 13.1. The van der Waals surface area contributed by atoms with Gasteiger partial charge in [-0.15, -0.1) is 0 Å². The summed E-state index contributed by atoms with van der Waals surface area (Å²) in [6.07, 6.45) is 5.05. The van der Waals surface area contributed by atoms with Crippen LogP contribution < -0.4 is 5.32 Å². The first kappa shape index (κ1) is 17.1. The van der Waals surface area contributed by atoms with Crippen LogP contribution in [0, 0.1) is 5.82 Å². The number of benzene rings is 2. The summed E-state index contributed by atoms with van der Waals surface area (Å²) in [7, 11) is 0. The molecule has 0 fully saturated rings. The molecule has 0 spiro atoms. The molecule has 27 heavy (non-hydrogen) atoms. The molecule has 2 N–H and O–H groups in total. The molecule has 0 aliphatic heterocycles. The van der Waals surface area contributed by atoms with Crippen LogP contribution in [0.4, 0.5) is 4.39 Å². The van der Waals surface area contributed by atoms with Gasteiger partial charge in [0.25, 0.3) is 0 Å². The summed E-state index contributed by atoms with van der Waals surface area (Å²) in [6.45, 7) is 2.06. The zero-order valence-electron chi connectivity index (χ0n) is 14.6. The highest BCUT2D eigenvalue weighted by molar-refractivity contribution is 5.62. The Balaban J connectivity index is 1.43. The van der Waals surface area contributed by atoms with Crippen molar-refractivity contribution >= 4 is 0 Å². The lowest BCUT2D eigenvalue weighted by Gasteiger charge is -2.11. The molecule has 2 aromatic heterocycles. The number of rotatable bonds is 7. The molecule has 4 aromatic rings. The molecular weight excluding hydrogens is 343 g/mol. The molecule has 0 saturated carbocycles. The lowest BCUT2D eigenvalue weighted by molar-refractivity contribution is 0.628. The van der Waals surface area contributed by atoms with E-state index in [0.717, 1.165) is 23.4 Å². The topological polar surface area (TPSA) is 71.4 Å². The molecule has 136 valence electrons. The number of halogens is 1. The predicted octanol–water partition coefficient (Wildman–Crippen LogP) is 3.15. The van der Waals surface area contributed by atoms with Crippen molar-refractivity contribution < 1.29 is 4.39 Å². The molecule has 7 heteroatoms. The van der Waals surface area contributed by atoms with Crippen LogP contribution in [0.5, 0.6) is 0 Å². The van der Waals surface area contributed by atoms with Gasteiger partial charge in [-0.05, 0) is 35.4 Å². The second kappa shape index (κ2) is 7.92. The number of aromatic nitrogens is 5. The Kier molecular flexibility index (Phi) is 5.02. The molecule has 2 heterocycles. The van der Waals surface area contributed by atoms with Crippen molar-refractivity contribution in [1.82, 2.24) is 30.3 Å². The van der Waals surface area contributed by atoms with Crippen molar-refractivity contribution in [3.8, 4) is 11.3 Å². The summed E-state index contributed by atoms with van der Waals surface area (Å²) in [5.41, 5.74) is 5.26. The highest BCUT2D eigenvalue weighted by Gasteiger charge is 2.09. The van der Waals surface area contributed by atoms with E-state index in [4.69, 9.17) is 0 Å². The zero-order valence-corrected chi connectivity index (χ0v) is 14.6. The van der Waals surface area contributed by atoms with E-state index in [1.807, 2.05) is 16.8 Å². The number of nitrogens with one attached hydrogen (secondary N) is 2. The molecule has 2 aromatic carbocycles. The minimum atomic E-state index is -0.248. The Morgan fingerprint density at radius 1 is 0.963 bits per heavy atom. The predicted molar refractivity (Wildman–Crippen MR) is 100 cm³/mol. The van der Waals surface area contributed by atoms with Gasteiger partial charge in [-0.25, -0.2) is 14.1 Å². The molecule has 0 aliphatic carbocycles. The van der Waals surface area contributed by atoms with Gasteiger partial charge in [0.15, 0.2) is 0 Å². The lowest BCUT2D eigenvalue weighted by atomic mass is 10.1. The van der Waals surface area contributed by atoms with Gasteiger partial charge in [-0.1, -0.05) is 24.3 Å². The third-order valence-corrected chi connectivity index (χ3v) is 4.40. The van der Waals surface area contributed by atoms with E-state index in [0.29, 0.717) is 13.1 Å². The molecule has 0 unspecified atom stereocenters. The Hall–Kier alpha value is -3.32. The molecule has 0 saturated heterocycles. The van der Waals surface area contributed by atoms with E-state index >= 15 is 0 Å². The molecular formula is C20H19FN6. The number of aromatic amines is 1. The van der Waals surface area contributed by atoms with Gasteiger partial charge < -0.3 is 5.32 Å². The molecule has 0 atom stereocenters. The highest BCUT2D eigenvalue weighted by atomic mass is 19.1. The van der Waals surface area contributed by atoms with Crippen LogP contribution in [0.1, 0.15) is 16.7 Å². The van der Waals surface area contributed by atoms with Crippen LogP contribution >= 0.6 is 0 Å². The number of nitrogens with zero attached hydrogens (tertiary/aromatic N) is 4. The van der Waals surface area contributed by atoms with Crippen molar-refractivity contribution in [1.29, 1.82) is 0 Å². The Labute approximate surface area is 156 Å². The summed E-state index contributed by atoms with van der Waals surface area (Å²) in [4.78, 5) is 3.99. The highest BCUT2D eigenvalue weighted by Crippen LogP contribution is 2.21. The van der Waals surface area contributed by atoms with E-state index in [-0.39, 0.29) is 5.82 Å². The zero-order chi connectivity index (χ0) is 18.5. The van der Waals surface area contributed by atoms with E-state index in [2.05, 4.69) is 37.7 Å². The maximum atomic E-state index is 13.1. The summed E-state index contributed by atoms with van der Waals surface area (Å²) in [5, 5.41) is 14.8. The molecule has 0 aliphatic rings. The number of hydrogen-bond acceptors (Lipinski definition) is 4. The fraction of sp³-hybridized carbons (Fsp3) is 0.150. The molecule has 0 amide bonds. The van der Waals surface area contributed by atoms with E-state index in [1.165, 1.54) is 29.6 Å². The van der Waals surface area contributed by atoms with Gasteiger partial charge in [0.05, 0.1) is 18.4 Å². The average molecular weight is 362 g/mol. The summed E-state index contributed by atoms with van der Waals surface area (Å²) in [5.74, 6) is -0.248. The van der Waals surface area contributed by atoms with Gasteiger partial charge in [-0.3, -0.25) is 5.10 Å². The SMILES string of the molecule is Fc1ccc(-c2[nH]ncc2CNCc2ccccc2Cn2cncn2)cc1. The summed E-state index contributed by atoms with van der Waals surface area (Å²) < 4.78 is 15.0. The van der Waals surface area contributed by atoms with Crippen molar-refractivity contribution in [2.24, 2.45) is 0 Å². The first-order chi connectivity index (χ1) is 13.3. The fourth-order valence-corrected chi connectivity index (χ4v) is 3.02. The van der Waals surface area contributed by atoms with Gasteiger partial charge in [0.1, 0.15) is 18.5 Å². The van der Waals surface area contributed by atoms with E-state index in [9.17, 15) is 4.39 Å². The monoisotopic (exact) mass is 362 g/mol. The van der Waals surface area contributed by atoms with Crippen molar-refractivity contribution in [3.63, 3.8) is 0 Å². The quantitative estimate of drug-likeness (QED) is 0.530. The van der Waals surface area contributed by atoms with Crippen LogP contribution in [0.15, 0.2) is 67.4 Å². The molecule has 0 radical (unpaired) electrons. The van der Waals surface area contributed by atoms with E-state index in [1.54, 1.807) is 24.7 Å². The van der Waals surface area contributed by atoms with Gasteiger partial charge in [0, 0.05) is 24.2 Å². The standard InChI is InChI=1S/C20H19FN6/c21-19-7-5-15(6-8-19)20-18(11-24-26-20)10-22-9-16-3-1-2-4-17(16)12-27-14-23-13-25-27/h1-8,11,13-14,22H,9-10,12H2,(H,24,26). The first-order valence-electron chi connectivity index (χ1n) is 8.67. The molecule has 6 nitrogen and oxygen atoms in total. The molecule has 4 rings (SSSR count). The average Bonchev–Trinajstić information content (AvgIpc) is 3.36. The van der Waals surface area contributed by atoms with E-state index < -0.39 is 0 Å². The van der Waals surface area contributed by atoms with Crippen molar-refractivity contribution in [3.05, 3.63) is 89.9 Å². The fourth-order valence-electron chi connectivity index (χ4n) is 3.02. The van der Waals surface area contributed by atoms with Crippen molar-refractivity contribution in [2.45, 2.75) is 19.6 Å². The maximum Gasteiger partial charge on any atom is 0.137 e. The second-order valence-electron chi connectivity index (χ2n) is 6.24. The van der Waals surface area contributed by atoms with Crippen LogP contribution in [-0.2, 0) is 19.6 Å². The number of hydrogen-bond donors (Lipinski definition) is 2. The van der Waals surface area contributed by atoms with Gasteiger partial charge in [0.2, 0.25) is 0 Å². The van der Waals surface area contributed by atoms with Crippen LogP contribution in [0.2, 0.25) is 0 Å². The smallest absolute Gasteiger partial charge is 0.137 e. The Bertz CT molecular complexity index is 992. The molecule has 0 bridgehead atoms. The Morgan fingerprint density at radius 3 is 2.52 bits per heavy atom. The van der Waals surface area contributed by atoms with Gasteiger partial charge >= 0.3 is 0 Å². The van der Waals surface area contributed by atoms with Crippen molar-refractivity contribution in [2.75, 3.05) is 0 Å². The first-order valence-corrected chi connectivity index (χ1v) is 8.67. The van der Waals surface area contributed by atoms with Crippen LogP contribution in [0.25, 0.3) is 11.3 Å². The summed E-state index contributed by atoms with van der Waals surface area (Å²) >= 11 is 0. The third kappa shape index (κ3) is 4.09. The van der Waals surface area contributed by atoms with Crippen LogP contribution in [-0.4, -0.2) is 25.0 Å². The van der Waals surface area contributed by atoms with Crippen LogP contribution in [0.3, 0.4) is 0 Å². The summed E-state index contributed by atoms with van der Waals surface area (Å²) in [6, 6.07) is 14.7. The Morgan fingerprint density at radius 2 is 1.74 bits per heavy atom. The van der Waals surface area contributed by atoms with Gasteiger partial charge in [-0.2, -0.15) is 10.2 Å². The second-order valence-corrected chi connectivity index (χ2v) is 6.24. The third-order valence-electron chi connectivity index (χ3n) is 4.40. The lowest BCUT2D eigenvalue weighted by Crippen LogP contribution is -2.15. The minimum Gasteiger partial charge on any atom is -0.308 e. The number of H-pyrrole nitrogens is 1.